The van der Waals surface area contributed by atoms with Gasteiger partial charge in [-0.3, -0.25) is 4.57 Å². The summed E-state index contributed by atoms with van der Waals surface area (Å²) in [5.41, 5.74) is 9.06. The lowest BCUT2D eigenvalue weighted by Gasteiger charge is -2.07. The molecule has 0 radical (unpaired) electrons. The quantitative estimate of drug-likeness (QED) is 0.736. The smallest absolute Gasteiger partial charge is 0.205 e. The summed E-state index contributed by atoms with van der Waals surface area (Å²) in [6, 6.07) is 10.6. The second kappa shape index (κ2) is 4.24. The number of rotatable bonds is 1. The summed E-state index contributed by atoms with van der Waals surface area (Å²) in [4.78, 5) is 4.20. The Labute approximate surface area is 114 Å². The minimum atomic E-state index is -0.484. The molecule has 0 aliphatic heterocycles. The number of fused-ring (bicyclic) bond motifs is 1. The van der Waals surface area contributed by atoms with Crippen LogP contribution in [0.25, 0.3) is 16.7 Å². The van der Waals surface area contributed by atoms with Crippen molar-refractivity contribution < 1.29 is 4.39 Å². The highest BCUT2D eigenvalue weighted by molar-refractivity contribution is 6.31. The first-order valence-electron chi connectivity index (χ1n) is 5.76. The molecule has 19 heavy (non-hydrogen) atoms. The topological polar surface area (TPSA) is 43.8 Å². The largest absolute Gasteiger partial charge is 0.369 e. The number of imidazole rings is 1. The van der Waals surface area contributed by atoms with Crippen LogP contribution in [0.2, 0.25) is 5.02 Å². The minimum absolute atomic E-state index is 0.0426. The van der Waals surface area contributed by atoms with Crippen molar-refractivity contribution in [3.05, 3.63) is 52.8 Å². The Morgan fingerprint density at radius 3 is 2.58 bits per heavy atom. The number of nitrogens with two attached hydrogens (primary N) is 1. The van der Waals surface area contributed by atoms with Crippen LogP contribution in [0.4, 0.5) is 10.3 Å². The third-order valence-corrected chi connectivity index (χ3v) is 3.30. The SMILES string of the molecule is Cc1ccc(-n2c(N)nc3cc(Cl)c(F)cc32)cc1. The van der Waals surface area contributed by atoms with Crippen molar-refractivity contribution in [1.29, 1.82) is 0 Å². The number of benzene rings is 2. The molecule has 0 aliphatic carbocycles. The Bertz CT molecular complexity index is 762. The second-order valence-corrected chi connectivity index (χ2v) is 4.80. The van der Waals surface area contributed by atoms with Crippen LogP contribution < -0.4 is 5.73 Å². The van der Waals surface area contributed by atoms with Crippen molar-refractivity contribution in [2.24, 2.45) is 0 Å². The number of nitrogen functional groups attached to an aromatic ring is 1. The summed E-state index contributed by atoms with van der Waals surface area (Å²) in [5, 5.41) is 0.0426. The summed E-state index contributed by atoms with van der Waals surface area (Å²) in [5.74, 6) is -0.178. The molecule has 96 valence electrons. The van der Waals surface area contributed by atoms with Crippen LogP contribution in [0.5, 0.6) is 0 Å². The van der Waals surface area contributed by atoms with E-state index in [1.807, 2.05) is 31.2 Å². The van der Waals surface area contributed by atoms with Crippen LogP contribution in [0, 0.1) is 12.7 Å². The molecule has 0 bridgehead atoms. The van der Waals surface area contributed by atoms with Crippen LogP contribution in [0.1, 0.15) is 5.56 Å². The maximum Gasteiger partial charge on any atom is 0.205 e. The highest BCUT2D eigenvalue weighted by atomic mass is 35.5. The van der Waals surface area contributed by atoms with Crippen LogP contribution in [-0.2, 0) is 0 Å². The van der Waals surface area contributed by atoms with E-state index in [1.165, 1.54) is 12.1 Å². The molecule has 2 aromatic carbocycles. The standard InChI is InChI=1S/C14H11ClFN3/c1-8-2-4-9(5-3-8)19-13-7-11(16)10(15)6-12(13)18-14(19)17/h2-7H,1H3,(H2,17,18). The lowest BCUT2D eigenvalue weighted by atomic mass is 10.2. The molecule has 0 aliphatic rings. The van der Waals surface area contributed by atoms with Crippen LogP contribution >= 0.6 is 11.6 Å². The van der Waals surface area contributed by atoms with Crippen molar-refractivity contribution >= 4 is 28.6 Å². The van der Waals surface area contributed by atoms with Gasteiger partial charge in [0.1, 0.15) is 5.82 Å². The Kier molecular flexibility index (Phi) is 2.68. The van der Waals surface area contributed by atoms with Crippen LogP contribution in [0.15, 0.2) is 36.4 Å². The fourth-order valence-corrected chi connectivity index (χ4v) is 2.21. The van der Waals surface area contributed by atoms with Gasteiger partial charge in [0.15, 0.2) is 0 Å². The number of aryl methyl sites for hydroxylation is 1. The van der Waals surface area contributed by atoms with E-state index in [-0.39, 0.29) is 5.02 Å². The minimum Gasteiger partial charge on any atom is -0.369 e. The summed E-state index contributed by atoms with van der Waals surface area (Å²) < 4.78 is 15.3. The molecule has 0 saturated carbocycles. The molecular weight excluding hydrogens is 265 g/mol. The third kappa shape index (κ3) is 1.94. The zero-order valence-corrected chi connectivity index (χ0v) is 10.9. The van der Waals surface area contributed by atoms with E-state index >= 15 is 0 Å². The van der Waals surface area contributed by atoms with Gasteiger partial charge in [0.05, 0.1) is 16.1 Å². The summed E-state index contributed by atoms with van der Waals surface area (Å²) in [6.45, 7) is 2.00. The summed E-state index contributed by atoms with van der Waals surface area (Å²) in [6.07, 6.45) is 0. The third-order valence-electron chi connectivity index (χ3n) is 3.01. The normalized spacial score (nSPS) is 11.1. The Hall–Kier alpha value is -2.07. The molecule has 0 fully saturated rings. The molecule has 1 aromatic heterocycles. The van der Waals surface area contributed by atoms with Crippen molar-refractivity contribution in [3.63, 3.8) is 0 Å². The number of hydrogen-bond acceptors (Lipinski definition) is 2. The molecule has 0 unspecified atom stereocenters. The first-order valence-corrected chi connectivity index (χ1v) is 6.14. The molecule has 3 aromatic rings. The van der Waals surface area contributed by atoms with Gasteiger partial charge in [-0.15, -0.1) is 0 Å². The average molecular weight is 276 g/mol. The molecule has 0 saturated heterocycles. The van der Waals surface area contributed by atoms with Gasteiger partial charge in [0, 0.05) is 11.8 Å². The van der Waals surface area contributed by atoms with Gasteiger partial charge < -0.3 is 5.73 Å². The molecule has 0 spiro atoms. The predicted molar refractivity (Wildman–Crippen MR) is 75.2 cm³/mol. The summed E-state index contributed by atoms with van der Waals surface area (Å²) >= 11 is 5.75. The first kappa shape index (κ1) is 12.0. The van der Waals surface area contributed by atoms with Gasteiger partial charge in [-0.05, 0) is 25.1 Å². The lowest BCUT2D eigenvalue weighted by molar-refractivity contribution is 0.629. The number of hydrogen-bond donors (Lipinski definition) is 1. The molecule has 3 nitrogen and oxygen atoms in total. The second-order valence-electron chi connectivity index (χ2n) is 4.40. The molecule has 3 rings (SSSR count). The van der Waals surface area contributed by atoms with E-state index in [1.54, 1.807) is 4.57 Å². The summed E-state index contributed by atoms with van der Waals surface area (Å²) in [7, 11) is 0. The average Bonchev–Trinajstić information content (AvgIpc) is 2.67. The number of anilines is 1. The van der Waals surface area contributed by atoms with E-state index in [2.05, 4.69) is 4.98 Å². The van der Waals surface area contributed by atoms with E-state index in [0.717, 1.165) is 11.3 Å². The zero-order valence-electron chi connectivity index (χ0n) is 10.2. The Morgan fingerprint density at radius 2 is 1.89 bits per heavy atom. The van der Waals surface area contributed by atoms with Crippen LogP contribution in [-0.4, -0.2) is 9.55 Å². The van der Waals surface area contributed by atoms with Crippen LogP contribution in [0.3, 0.4) is 0 Å². The molecule has 1 heterocycles. The number of halogens is 2. The van der Waals surface area contributed by atoms with Gasteiger partial charge in [0.2, 0.25) is 5.95 Å². The van der Waals surface area contributed by atoms with Gasteiger partial charge >= 0.3 is 0 Å². The zero-order chi connectivity index (χ0) is 13.6. The fourth-order valence-electron chi connectivity index (χ4n) is 2.06. The predicted octanol–water partition coefficient (Wildman–Crippen LogP) is 3.71. The van der Waals surface area contributed by atoms with Gasteiger partial charge in [-0.25, -0.2) is 9.37 Å². The van der Waals surface area contributed by atoms with E-state index in [9.17, 15) is 4.39 Å². The van der Waals surface area contributed by atoms with Gasteiger partial charge in [-0.2, -0.15) is 0 Å². The molecule has 0 amide bonds. The lowest BCUT2D eigenvalue weighted by Crippen LogP contribution is -2.00. The molecule has 0 atom stereocenters. The number of nitrogens with zero attached hydrogens (tertiary/aromatic N) is 2. The Balaban J connectivity index is 2.31. The molecule has 2 N–H and O–H groups in total. The van der Waals surface area contributed by atoms with E-state index < -0.39 is 5.82 Å². The van der Waals surface area contributed by atoms with Gasteiger partial charge in [0.25, 0.3) is 0 Å². The van der Waals surface area contributed by atoms with Crippen molar-refractivity contribution in [1.82, 2.24) is 9.55 Å². The number of aromatic nitrogens is 2. The maximum atomic E-state index is 13.6. The van der Waals surface area contributed by atoms with Crippen molar-refractivity contribution in [3.8, 4) is 5.69 Å². The maximum absolute atomic E-state index is 13.6. The first-order chi connectivity index (χ1) is 9.06. The monoisotopic (exact) mass is 275 g/mol. The van der Waals surface area contributed by atoms with E-state index in [0.29, 0.717) is 17.0 Å². The molecule has 5 heteroatoms. The van der Waals surface area contributed by atoms with E-state index in [4.69, 9.17) is 17.3 Å². The highest BCUT2D eigenvalue weighted by Gasteiger charge is 2.13. The molecular formula is C14H11ClFN3. The fraction of sp³-hybridized carbons (Fsp3) is 0.0714. The highest BCUT2D eigenvalue weighted by Crippen LogP contribution is 2.27. The van der Waals surface area contributed by atoms with Gasteiger partial charge in [-0.1, -0.05) is 29.3 Å². The van der Waals surface area contributed by atoms with Crippen molar-refractivity contribution in [2.75, 3.05) is 5.73 Å². The Morgan fingerprint density at radius 1 is 1.21 bits per heavy atom. The van der Waals surface area contributed by atoms with Crippen molar-refractivity contribution in [2.45, 2.75) is 6.92 Å².